The van der Waals surface area contributed by atoms with Crippen LogP contribution in [-0.4, -0.2) is 48.1 Å². The Morgan fingerprint density at radius 1 is 0.921 bits per heavy atom. The SMILES string of the molecule is CC1OC(CCCN(CCN2Cc3ccc(F)cc3CC2Cc2ccc(F)cc2)Cc2cccc(N)c2)O1. The fourth-order valence-corrected chi connectivity index (χ4v) is 5.57. The van der Waals surface area contributed by atoms with E-state index in [2.05, 4.69) is 15.9 Å². The van der Waals surface area contributed by atoms with E-state index >= 15 is 0 Å². The van der Waals surface area contributed by atoms with Crippen molar-refractivity contribution in [2.24, 2.45) is 0 Å². The van der Waals surface area contributed by atoms with E-state index in [9.17, 15) is 8.78 Å². The van der Waals surface area contributed by atoms with E-state index in [-0.39, 0.29) is 30.3 Å². The van der Waals surface area contributed by atoms with Crippen LogP contribution in [0.4, 0.5) is 14.5 Å². The molecule has 0 aromatic heterocycles. The first-order chi connectivity index (χ1) is 18.4. The largest absolute Gasteiger partial charge is 0.399 e. The van der Waals surface area contributed by atoms with E-state index < -0.39 is 0 Å². The summed E-state index contributed by atoms with van der Waals surface area (Å²) in [5.41, 5.74) is 11.4. The molecule has 0 amide bonds. The number of anilines is 1. The average molecular weight is 522 g/mol. The van der Waals surface area contributed by atoms with Gasteiger partial charge in [0, 0.05) is 37.9 Å². The maximum absolute atomic E-state index is 14.0. The summed E-state index contributed by atoms with van der Waals surface area (Å²) in [4.78, 5) is 4.96. The third-order valence-electron chi connectivity index (χ3n) is 7.56. The smallest absolute Gasteiger partial charge is 0.163 e. The number of nitrogens with zero attached hydrogens (tertiary/aromatic N) is 2. The number of halogens is 2. The van der Waals surface area contributed by atoms with Crippen molar-refractivity contribution < 1.29 is 18.3 Å². The van der Waals surface area contributed by atoms with Crippen molar-refractivity contribution in [1.82, 2.24) is 9.80 Å². The Morgan fingerprint density at radius 3 is 2.47 bits per heavy atom. The van der Waals surface area contributed by atoms with Crippen molar-refractivity contribution in [2.45, 2.75) is 64.3 Å². The number of hydrogen-bond donors (Lipinski definition) is 1. The molecule has 2 N–H and O–H groups in total. The van der Waals surface area contributed by atoms with Crippen LogP contribution in [0.25, 0.3) is 0 Å². The molecule has 5 rings (SSSR count). The maximum Gasteiger partial charge on any atom is 0.163 e. The van der Waals surface area contributed by atoms with E-state index in [0.717, 1.165) is 75.2 Å². The number of benzene rings is 3. The van der Waals surface area contributed by atoms with Gasteiger partial charge >= 0.3 is 0 Å². The van der Waals surface area contributed by atoms with Gasteiger partial charge in [-0.3, -0.25) is 9.80 Å². The van der Waals surface area contributed by atoms with Crippen LogP contribution in [0.2, 0.25) is 0 Å². The minimum atomic E-state index is -0.231. The molecule has 5 nitrogen and oxygen atoms in total. The van der Waals surface area contributed by atoms with Crippen LogP contribution < -0.4 is 5.73 Å². The van der Waals surface area contributed by atoms with Crippen molar-refractivity contribution in [3.63, 3.8) is 0 Å². The zero-order valence-corrected chi connectivity index (χ0v) is 22.0. The first-order valence-corrected chi connectivity index (χ1v) is 13.5. The highest BCUT2D eigenvalue weighted by Gasteiger charge is 2.28. The molecule has 3 aromatic rings. The van der Waals surface area contributed by atoms with Crippen molar-refractivity contribution >= 4 is 5.69 Å². The summed E-state index contributed by atoms with van der Waals surface area (Å²) in [6, 6.07) is 20.1. The van der Waals surface area contributed by atoms with Gasteiger partial charge in [-0.05, 0) is 97.8 Å². The molecule has 3 aromatic carbocycles. The summed E-state index contributed by atoms with van der Waals surface area (Å²) in [6.07, 6.45) is 3.21. The summed E-state index contributed by atoms with van der Waals surface area (Å²) in [7, 11) is 0. The second-order valence-electron chi connectivity index (χ2n) is 10.5. The van der Waals surface area contributed by atoms with Gasteiger partial charge in [0.2, 0.25) is 0 Å². The zero-order valence-electron chi connectivity index (χ0n) is 22.0. The molecule has 1 unspecified atom stereocenters. The topological polar surface area (TPSA) is 51.0 Å². The fraction of sp³-hybridized carbons (Fsp3) is 0.419. The lowest BCUT2D eigenvalue weighted by atomic mass is 9.90. The molecule has 38 heavy (non-hydrogen) atoms. The number of ether oxygens (including phenoxy) is 2. The number of nitrogens with two attached hydrogens (primary N) is 1. The lowest BCUT2D eigenvalue weighted by Gasteiger charge is -2.38. The molecular formula is C31H37F2N3O2. The molecule has 0 spiro atoms. The van der Waals surface area contributed by atoms with Crippen molar-refractivity contribution in [3.8, 4) is 0 Å². The van der Waals surface area contributed by atoms with E-state index in [1.807, 2.05) is 43.3 Å². The summed E-state index contributed by atoms with van der Waals surface area (Å²) in [6.45, 7) is 6.18. The van der Waals surface area contributed by atoms with Gasteiger partial charge in [0.05, 0.1) is 0 Å². The molecule has 0 aliphatic carbocycles. The third-order valence-corrected chi connectivity index (χ3v) is 7.56. The Balaban J connectivity index is 1.27. The maximum atomic E-state index is 14.0. The Bertz CT molecular complexity index is 1200. The summed E-state index contributed by atoms with van der Waals surface area (Å²) in [5, 5.41) is 0. The van der Waals surface area contributed by atoms with Gasteiger partial charge in [0.25, 0.3) is 0 Å². The van der Waals surface area contributed by atoms with Crippen LogP contribution >= 0.6 is 0 Å². The van der Waals surface area contributed by atoms with E-state index in [0.29, 0.717) is 0 Å². The monoisotopic (exact) mass is 521 g/mol. The highest BCUT2D eigenvalue weighted by molar-refractivity contribution is 5.40. The number of rotatable bonds is 11. The van der Waals surface area contributed by atoms with Gasteiger partial charge < -0.3 is 15.2 Å². The molecule has 2 heterocycles. The molecule has 2 aliphatic rings. The highest BCUT2D eigenvalue weighted by atomic mass is 19.1. The van der Waals surface area contributed by atoms with Gasteiger partial charge in [0.1, 0.15) is 11.6 Å². The lowest BCUT2D eigenvalue weighted by molar-refractivity contribution is -0.377. The normalized spacial score (nSPS) is 21.3. The quantitative estimate of drug-likeness (QED) is 0.337. The predicted molar refractivity (Wildman–Crippen MR) is 145 cm³/mol. The second kappa shape index (κ2) is 12.3. The molecule has 0 saturated carbocycles. The third kappa shape index (κ3) is 7.17. The molecule has 202 valence electrons. The van der Waals surface area contributed by atoms with Crippen molar-refractivity contribution in [3.05, 3.63) is 101 Å². The molecular weight excluding hydrogens is 484 g/mol. The standard InChI is InChI=1S/C31H37F2N3O2/c1-22-37-31(38-22)6-3-13-35(20-24-4-2-5-29(34)16-24)14-15-36-21-25-9-12-28(33)18-26(25)19-30(36)17-23-7-10-27(32)11-8-23/h2,4-5,7-12,16,18,22,30-31H,3,6,13-15,17,19-21,34H2,1H3. The molecule has 0 bridgehead atoms. The van der Waals surface area contributed by atoms with E-state index in [1.165, 1.54) is 23.3 Å². The van der Waals surface area contributed by atoms with Crippen LogP contribution in [-0.2, 0) is 35.4 Å². The Labute approximate surface area is 224 Å². The van der Waals surface area contributed by atoms with Gasteiger partial charge in [-0.1, -0.05) is 30.3 Å². The first kappa shape index (κ1) is 26.8. The minimum absolute atomic E-state index is 0.0988. The van der Waals surface area contributed by atoms with Crippen molar-refractivity contribution in [1.29, 1.82) is 0 Å². The van der Waals surface area contributed by atoms with Gasteiger partial charge in [0.15, 0.2) is 12.6 Å². The Kier molecular flexibility index (Phi) is 8.69. The molecule has 7 heteroatoms. The van der Waals surface area contributed by atoms with Gasteiger partial charge in [-0.25, -0.2) is 8.78 Å². The molecule has 2 aliphatic heterocycles. The lowest BCUT2D eigenvalue weighted by Crippen LogP contribution is -2.45. The van der Waals surface area contributed by atoms with E-state index in [4.69, 9.17) is 15.2 Å². The van der Waals surface area contributed by atoms with Crippen LogP contribution in [0.15, 0.2) is 66.7 Å². The zero-order chi connectivity index (χ0) is 26.5. The van der Waals surface area contributed by atoms with Crippen LogP contribution in [0, 0.1) is 11.6 Å². The fourth-order valence-electron chi connectivity index (χ4n) is 5.57. The summed E-state index contributed by atoms with van der Waals surface area (Å²) in [5.74, 6) is -0.425. The summed E-state index contributed by atoms with van der Waals surface area (Å²) < 4.78 is 38.8. The first-order valence-electron chi connectivity index (χ1n) is 13.5. The molecule has 1 fully saturated rings. The van der Waals surface area contributed by atoms with Crippen LogP contribution in [0.3, 0.4) is 0 Å². The molecule has 0 radical (unpaired) electrons. The predicted octanol–water partition coefficient (Wildman–Crippen LogP) is 5.52. The molecule has 1 saturated heterocycles. The Hall–Kier alpha value is -2.84. The van der Waals surface area contributed by atoms with Gasteiger partial charge in [-0.15, -0.1) is 0 Å². The number of fused-ring (bicyclic) bond motifs is 1. The number of hydrogen-bond acceptors (Lipinski definition) is 5. The second-order valence-corrected chi connectivity index (χ2v) is 10.5. The molecule has 1 atom stereocenters. The Morgan fingerprint density at radius 2 is 1.71 bits per heavy atom. The van der Waals surface area contributed by atoms with E-state index in [1.54, 1.807) is 12.1 Å². The summed E-state index contributed by atoms with van der Waals surface area (Å²) >= 11 is 0. The average Bonchev–Trinajstić information content (AvgIpc) is 2.87. The van der Waals surface area contributed by atoms with Gasteiger partial charge in [-0.2, -0.15) is 0 Å². The minimum Gasteiger partial charge on any atom is -0.399 e. The van der Waals surface area contributed by atoms with Crippen molar-refractivity contribution in [2.75, 3.05) is 25.4 Å². The highest BCUT2D eigenvalue weighted by Crippen LogP contribution is 2.27. The van der Waals surface area contributed by atoms with Crippen LogP contribution in [0.5, 0.6) is 0 Å². The van der Waals surface area contributed by atoms with Crippen LogP contribution in [0.1, 0.15) is 42.0 Å². The number of nitrogen functional groups attached to an aromatic ring is 1.